The monoisotopic (exact) mass is 290 g/mol. The van der Waals surface area contributed by atoms with Gasteiger partial charge in [-0.25, -0.2) is 4.98 Å². The zero-order chi connectivity index (χ0) is 14.8. The van der Waals surface area contributed by atoms with E-state index in [1.807, 2.05) is 0 Å². The predicted molar refractivity (Wildman–Crippen MR) is 83.3 cm³/mol. The maximum atomic E-state index is 5.78. The second kappa shape index (κ2) is 5.82. The molecule has 1 saturated heterocycles. The predicted octanol–water partition coefficient (Wildman–Crippen LogP) is -0.381. The Morgan fingerprint density at radius 2 is 2.00 bits per heavy atom. The SMILES string of the molecule is CN(C)CCN1CCN(c2nc(N)nc3nc[nH]c23)CC1. The van der Waals surface area contributed by atoms with Crippen LogP contribution in [0.4, 0.5) is 11.8 Å². The van der Waals surface area contributed by atoms with Crippen molar-refractivity contribution in [3.8, 4) is 0 Å². The molecule has 1 aliphatic heterocycles. The third-order valence-corrected chi connectivity index (χ3v) is 3.82. The van der Waals surface area contributed by atoms with Crippen LogP contribution in [0.15, 0.2) is 6.33 Å². The molecule has 3 rings (SSSR count). The Morgan fingerprint density at radius 3 is 2.71 bits per heavy atom. The van der Waals surface area contributed by atoms with Crippen LogP contribution < -0.4 is 10.6 Å². The van der Waals surface area contributed by atoms with Gasteiger partial charge in [0.1, 0.15) is 5.52 Å². The third kappa shape index (κ3) is 3.06. The first-order chi connectivity index (χ1) is 10.1. The number of rotatable bonds is 4. The van der Waals surface area contributed by atoms with Crippen LogP contribution in [0, 0.1) is 0 Å². The lowest BCUT2D eigenvalue weighted by molar-refractivity contribution is 0.229. The van der Waals surface area contributed by atoms with Gasteiger partial charge in [0, 0.05) is 39.3 Å². The van der Waals surface area contributed by atoms with Crippen molar-refractivity contribution >= 4 is 22.9 Å². The second-order valence-electron chi connectivity index (χ2n) is 5.64. The third-order valence-electron chi connectivity index (χ3n) is 3.82. The van der Waals surface area contributed by atoms with E-state index in [-0.39, 0.29) is 5.95 Å². The fourth-order valence-electron chi connectivity index (χ4n) is 2.59. The van der Waals surface area contributed by atoms with Gasteiger partial charge >= 0.3 is 0 Å². The highest BCUT2D eigenvalue weighted by Gasteiger charge is 2.21. The maximum Gasteiger partial charge on any atom is 0.224 e. The minimum absolute atomic E-state index is 0.277. The molecule has 0 spiro atoms. The summed E-state index contributed by atoms with van der Waals surface area (Å²) in [6.07, 6.45) is 1.63. The number of H-pyrrole nitrogens is 1. The van der Waals surface area contributed by atoms with Crippen LogP contribution in [0.3, 0.4) is 0 Å². The second-order valence-corrected chi connectivity index (χ2v) is 5.64. The van der Waals surface area contributed by atoms with Gasteiger partial charge < -0.3 is 20.5 Å². The number of aromatic amines is 1. The molecule has 0 saturated carbocycles. The van der Waals surface area contributed by atoms with Crippen LogP contribution in [0.2, 0.25) is 0 Å². The highest BCUT2D eigenvalue weighted by molar-refractivity contribution is 5.84. The fraction of sp³-hybridized carbons (Fsp3) is 0.615. The summed E-state index contributed by atoms with van der Waals surface area (Å²) in [5.41, 5.74) is 7.28. The van der Waals surface area contributed by atoms with Gasteiger partial charge in [-0.3, -0.25) is 4.90 Å². The van der Waals surface area contributed by atoms with Crippen molar-refractivity contribution in [3.63, 3.8) is 0 Å². The molecule has 0 amide bonds. The van der Waals surface area contributed by atoms with Crippen molar-refractivity contribution in [3.05, 3.63) is 6.33 Å². The molecule has 8 nitrogen and oxygen atoms in total. The van der Waals surface area contributed by atoms with E-state index in [9.17, 15) is 0 Å². The lowest BCUT2D eigenvalue weighted by atomic mass is 10.3. The number of nitrogen functional groups attached to an aromatic ring is 1. The highest BCUT2D eigenvalue weighted by atomic mass is 15.3. The van der Waals surface area contributed by atoms with Crippen molar-refractivity contribution in [2.75, 3.05) is 64.0 Å². The number of aromatic nitrogens is 4. The Bertz CT molecular complexity index is 599. The maximum absolute atomic E-state index is 5.78. The quantitative estimate of drug-likeness (QED) is 0.793. The van der Waals surface area contributed by atoms with Crippen molar-refractivity contribution in [2.24, 2.45) is 0 Å². The molecule has 0 aliphatic carbocycles. The Hall–Kier alpha value is -1.93. The molecule has 3 N–H and O–H groups in total. The summed E-state index contributed by atoms with van der Waals surface area (Å²) in [6.45, 7) is 6.15. The smallest absolute Gasteiger partial charge is 0.224 e. The van der Waals surface area contributed by atoms with Crippen LogP contribution in [0.1, 0.15) is 0 Å². The molecule has 0 radical (unpaired) electrons. The molecule has 1 aliphatic rings. The fourth-order valence-corrected chi connectivity index (χ4v) is 2.59. The Labute approximate surface area is 124 Å². The summed E-state index contributed by atoms with van der Waals surface area (Å²) in [7, 11) is 4.21. The molecule has 3 heterocycles. The molecule has 21 heavy (non-hydrogen) atoms. The summed E-state index contributed by atoms with van der Waals surface area (Å²) in [5, 5.41) is 0. The first kappa shape index (κ1) is 14.0. The summed E-state index contributed by atoms with van der Waals surface area (Å²) in [4.78, 5) is 22.8. The van der Waals surface area contributed by atoms with Crippen molar-refractivity contribution in [1.82, 2.24) is 29.7 Å². The number of piperazine rings is 1. The van der Waals surface area contributed by atoms with Gasteiger partial charge in [0.05, 0.1) is 6.33 Å². The van der Waals surface area contributed by atoms with E-state index >= 15 is 0 Å². The normalized spacial score (nSPS) is 17.0. The topological polar surface area (TPSA) is 90.2 Å². The molecule has 0 aromatic carbocycles. The molecule has 0 unspecified atom stereocenters. The number of nitrogens with two attached hydrogens (primary N) is 1. The van der Waals surface area contributed by atoms with Crippen molar-refractivity contribution in [2.45, 2.75) is 0 Å². The number of likely N-dealkylation sites (N-methyl/N-ethyl adjacent to an activating group) is 1. The van der Waals surface area contributed by atoms with Gasteiger partial charge in [-0.2, -0.15) is 9.97 Å². The van der Waals surface area contributed by atoms with E-state index < -0.39 is 0 Å². The largest absolute Gasteiger partial charge is 0.368 e. The van der Waals surface area contributed by atoms with E-state index in [4.69, 9.17) is 5.73 Å². The standard InChI is InChI=1S/C13H22N8/c1-19(2)3-4-20-5-7-21(8-6-20)12-10-11(16-9-15-10)17-13(14)18-12/h9H,3-8H2,1-2H3,(H3,14,15,16,17,18). The number of anilines is 2. The lowest BCUT2D eigenvalue weighted by Gasteiger charge is -2.35. The van der Waals surface area contributed by atoms with Crippen LogP contribution in [-0.4, -0.2) is 83.1 Å². The van der Waals surface area contributed by atoms with Crippen LogP contribution >= 0.6 is 0 Å². The number of imidazole rings is 1. The van der Waals surface area contributed by atoms with Crippen LogP contribution in [0.25, 0.3) is 11.2 Å². The van der Waals surface area contributed by atoms with Gasteiger partial charge in [0.2, 0.25) is 5.95 Å². The van der Waals surface area contributed by atoms with E-state index in [1.165, 1.54) is 0 Å². The molecular weight excluding hydrogens is 268 g/mol. The molecule has 2 aromatic heterocycles. The Kier molecular flexibility index (Phi) is 3.89. The van der Waals surface area contributed by atoms with Gasteiger partial charge in [0.25, 0.3) is 0 Å². The van der Waals surface area contributed by atoms with Gasteiger partial charge in [0.15, 0.2) is 11.5 Å². The van der Waals surface area contributed by atoms with E-state index in [2.05, 4.69) is 48.7 Å². The van der Waals surface area contributed by atoms with Gasteiger partial charge in [-0.05, 0) is 14.1 Å². The van der Waals surface area contributed by atoms with E-state index in [0.29, 0.717) is 5.65 Å². The Morgan fingerprint density at radius 1 is 1.24 bits per heavy atom. The number of hydrogen-bond acceptors (Lipinski definition) is 7. The molecule has 0 atom stereocenters. The van der Waals surface area contributed by atoms with E-state index in [1.54, 1.807) is 6.33 Å². The van der Waals surface area contributed by atoms with Crippen LogP contribution in [0.5, 0.6) is 0 Å². The highest BCUT2D eigenvalue weighted by Crippen LogP contribution is 2.22. The Balaban J connectivity index is 1.69. The number of nitrogens with one attached hydrogen (secondary N) is 1. The van der Waals surface area contributed by atoms with Crippen molar-refractivity contribution < 1.29 is 0 Å². The zero-order valence-corrected chi connectivity index (χ0v) is 12.6. The average molecular weight is 290 g/mol. The van der Waals surface area contributed by atoms with Crippen LogP contribution in [-0.2, 0) is 0 Å². The minimum atomic E-state index is 0.277. The average Bonchev–Trinajstić information content (AvgIpc) is 2.93. The summed E-state index contributed by atoms with van der Waals surface area (Å²) >= 11 is 0. The first-order valence-corrected chi connectivity index (χ1v) is 7.22. The first-order valence-electron chi connectivity index (χ1n) is 7.22. The molecule has 114 valence electrons. The summed E-state index contributed by atoms with van der Waals surface area (Å²) in [5.74, 6) is 1.14. The summed E-state index contributed by atoms with van der Waals surface area (Å²) < 4.78 is 0. The molecule has 0 bridgehead atoms. The van der Waals surface area contributed by atoms with Crippen molar-refractivity contribution in [1.29, 1.82) is 0 Å². The van der Waals surface area contributed by atoms with E-state index in [0.717, 1.165) is 50.6 Å². The lowest BCUT2D eigenvalue weighted by Crippen LogP contribution is -2.48. The molecule has 8 heteroatoms. The molecule has 2 aromatic rings. The molecule has 1 fully saturated rings. The minimum Gasteiger partial charge on any atom is -0.368 e. The van der Waals surface area contributed by atoms with Gasteiger partial charge in [-0.15, -0.1) is 0 Å². The number of fused-ring (bicyclic) bond motifs is 1. The molecular formula is C13H22N8. The summed E-state index contributed by atoms with van der Waals surface area (Å²) in [6, 6.07) is 0. The van der Waals surface area contributed by atoms with Gasteiger partial charge in [-0.1, -0.05) is 0 Å². The number of nitrogens with zero attached hydrogens (tertiary/aromatic N) is 6. The number of hydrogen-bond donors (Lipinski definition) is 2. The zero-order valence-electron chi connectivity index (χ0n) is 12.6.